The highest BCUT2D eigenvalue weighted by Crippen LogP contribution is 2.23. The molecule has 0 amide bonds. The van der Waals surface area contributed by atoms with Gasteiger partial charge in [0, 0.05) is 22.2 Å². The molecule has 1 aromatic heterocycles. The summed E-state index contributed by atoms with van der Waals surface area (Å²) in [4.78, 5) is 26.7. The highest BCUT2D eigenvalue weighted by molar-refractivity contribution is 8.00. The Labute approximate surface area is 121 Å². The van der Waals surface area contributed by atoms with Crippen molar-refractivity contribution < 1.29 is 14.3 Å². The molecule has 106 valence electrons. The number of para-hydroxylation sites is 1. The fourth-order valence-corrected chi connectivity index (χ4v) is 2.82. The van der Waals surface area contributed by atoms with Crippen LogP contribution in [0, 0.1) is 6.92 Å². The van der Waals surface area contributed by atoms with Crippen molar-refractivity contribution in [2.24, 2.45) is 0 Å². The number of nitrogens with one attached hydrogen (secondary N) is 1. The van der Waals surface area contributed by atoms with Gasteiger partial charge in [-0.05, 0) is 19.9 Å². The summed E-state index contributed by atoms with van der Waals surface area (Å²) in [5.74, 6) is 0.248. The number of benzene rings is 1. The molecule has 0 fully saturated rings. The number of aromatic nitrogens is 1. The lowest BCUT2D eigenvalue weighted by Crippen LogP contribution is -2.10. The first-order valence-corrected chi connectivity index (χ1v) is 7.62. The normalized spacial score (nSPS) is 10.7. The molecule has 1 aromatic carbocycles. The second-order valence-electron chi connectivity index (χ2n) is 4.39. The SMILES string of the molecule is CCOC(=O)CSCC(=O)c1c(C)[nH]c2ccccc12. The number of carbonyl (C=O) groups excluding carboxylic acids is 2. The molecule has 0 aliphatic heterocycles. The summed E-state index contributed by atoms with van der Waals surface area (Å²) < 4.78 is 4.83. The van der Waals surface area contributed by atoms with Gasteiger partial charge in [-0.2, -0.15) is 0 Å². The minimum absolute atomic E-state index is 0.0363. The van der Waals surface area contributed by atoms with E-state index in [-0.39, 0.29) is 23.3 Å². The first-order valence-electron chi connectivity index (χ1n) is 6.47. The second-order valence-corrected chi connectivity index (χ2v) is 5.38. The number of ketones is 1. The number of aryl methyl sites for hydroxylation is 1. The van der Waals surface area contributed by atoms with E-state index in [9.17, 15) is 9.59 Å². The zero-order chi connectivity index (χ0) is 14.5. The quantitative estimate of drug-likeness (QED) is 0.656. The van der Waals surface area contributed by atoms with Gasteiger partial charge in [0.1, 0.15) is 0 Å². The van der Waals surface area contributed by atoms with Gasteiger partial charge in [-0.3, -0.25) is 9.59 Å². The van der Waals surface area contributed by atoms with E-state index in [1.54, 1.807) is 6.92 Å². The van der Waals surface area contributed by atoms with Crippen LogP contribution in [0.3, 0.4) is 0 Å². The second kappa shape index (κ2) is 6.61. The van der Waals surface area contributed by atoms with Gasteiger partial charge in [-0.1, -0.05) is 18.2 Å². The number of thioether (sulfide) groups is 1. The monoisotopic (exact) mass is 291 g/mol. The van der Waals surface area contributed by atoms with Crippen LogP contribution in [0.15, 0.2) is 24.3 Å². The van der Waals surface area contributed by atoms with Crippen LogP contribution in [0.5, 0.6) is 0 Å². The van der Waals surface area contributed by atoms with Crippen molar-refractivity contribution in [1.82, 2.24) is 4.98 Å². The van der Waals surface area contributed by atoms with Crippen molar-refractivity contribution in [3.05, 3.63) is 35.5 Å². The van der Waals surface area contributed by atoms with Crippen molar-refractivity contribution in [2.45, 2.75) is 13.8 Å². The number of H-pyrrole nitrogens is 1. The van der Waals surface area contributed by atoms with Crippen molar-refractivity contribution in [2.75, 3.05) is 18.1 Å². The Morgan fingerprint density at radius 2 is 2.00 bits per heavy atom. The molecular formula is C15H17NO3S. The lowest BCUT2D eigenvalue weighted by Gasteiger charge is -2.02. The van der Waals surface area contributed by atoms with Gasteiger partial charge in [0.15, 0.2) is 5.78 Å². The molecular weight excluding hydrogens is 274 g/mol. The summed E-state index contributed by atoms with van der Waals surface area (Å²) in [6, 6.07) is 7.73. The Morgan fingerprint density at radius 3 is 2.75 bits per heavy atom. The number of esters is 1. The number of fused-ring (bicyclic) bond motifs is 1. The highest BCUT2D eigenvalue weighted by atomic mass is 32.2. The number of hydrogen-bond donors (Lipinski definition) is 1. The lowest BCUT2D eigenvalue weighted by molar-refractivity contribution is -0.139. The zero-order valence-electron chi connectivity index (χ0n) is 11.6. The van der Waals surface area contributed by atoms with Crippen LogP contribution < -0.4 is 0 Å². The van der Waals surface area contributed by atoms with Crippen LogP contribution >= 0.6 is 11.8 Å². The zero-order valence-corrected chi connectivity index (χ0v) is 12.4. The molecule has 1 N–H and O–H groups in total. The van der Waals surface area contributed by atoms with Gasteiger partial charge in [0.25, 0.3) is 0 Å². The fourth-order valence-electron chi connectivity index (χ4n) is 2.14. The Balaban J connectivity index is 2.04. The molecule has 0 aliphatic rings. The van der Waals surface area contributed by atoms with Crippen molar-refractivity contribution in [3.63, 3.8) is 0 Å². The lowest BCUT2D eigenvalue weighted by atomic mass is 10.1. The maximum atomic E-state index is 12.3. The molecule has 1 heterocycles. The van der Waals surface area contributed by atoms with Gasteiger partial charge in [-0.15, -0.1) is 11.8 Å². The molecule has 0 atom stereocenters. The van der Waals surface area contributed by atoms with Gasteiger partial charge in [0.2, 0.25) is 0 Å². The molecule has 0 spiro atoms. The Bertz CT molecular complexity index is 633. The topological polar surface area (TPSA) is 59.2 Å². The average molecular weight is 291 g/mol. The molecule has 0 saturated heterocycles. The number of ether oxygens (including phenoxy) is 1. The molecule has 0 bridgehead atoms. The Morgan fingerprint density at radius 1 is 1.25 bits per heavy atom. The minimum Gasteiger partial charge on any atom is -0.465 e. The maximum Gasteiger partial charge on any atom is 0.315 e. The highest BCUT2D eigenvalue weighted by Gasteiger charge is 2.16. The first kappa shape index (κ1) is 14.7. The molecule has 0 unspecified atom stereocenters. The molecule has 4 nitrogen and oxygen atoms in total. The fraction of sp³-hybridized carbons (Fsp3) is 0.333. The largest absolute Gasteiger partial charge is 0.465 e. The van der Waals surface area contributed by atoms with Crippen LogP contribution in [0.25, 0.3) is 10.9 Å². The molecule has 2 aromatic rings. The van der Waals surface area contributed by atoms with E-state index in [1.165, 1.54) is 11.8 Å². The summed E-state index contributed by atoms with van der Waals surface area (Å²) >= 11 is 1.29. The Hall–Kier alpha value is -1.75. The summed E-state index contributed by atoms with van der Waals surface area (Å²) in [5.41, 5.74) is 2.55. The molecule has 20 heavy (non-hydrogen) atoms. The van der Waals surface area contributed by atoms with Crippen LogP contribution in [-0.4, -0.2) is 34.8 Å². The number of carbonyl (C=O) groups is 2. The summed E-state index contributed by atoms with van der Waals surface area (Å²) in [6.07, 6.45) is 0. The van der Waals surface area contributed by atoms with Gasteiger partial charge >= 0.3 is 5.97 Å². The summed E-state index contributed by atoms with van der Waals surface area (Å²) in [7, 11) is 0. The summed E-state index contributed by atoms with van der Waals surface area (Å²) in [5, 5.41) is 0.937. The first-order chi connectivity index (χ1) is 9.63. The maximum absolute atomic E-state index is 12.3. The van der Waals surface area contributed by atoms with Gasteiger partial charge < -0.3 is 9.72 Å². The van der Waals surface area contributed by atoms with E-state index in [0.717, 1.165) is 22.2 Å². The van der Waals surface area contributed by atoms with Crippen LogP contribution in [0.4, 0.5) is 0 Å². The van der Waals surface area contributed by atoms with Crippen molar-refractivity contribution >= 4 is 34.4 Å². The van der Waals surface area contributed by atoms with E-state index < -0.39 is 0 Å². The summed E-state index contributed by atoms with van der Waals surface area (Å²) in [6.45, 7) is 4.03. The van der Waals surface area contributed by atoms with E-state index in [4.69, 9.17) is 4.74 Å². The van der Waals surface area contributed by atoms with Crippen molar-refractivity contribution in [3.8, 4) is 0 Å². The molecule has 5 heteroatoms. The molecule has 0 saturated carbocycles. The molecule has 0 aliphatic carbocycles. The standard InChI is InChI=1S/C15H17NO3S/c1-3-19-14(18)9-20-8-13(17)15-10(2)16-12-7-5-4-6-11(12)15/h4-7,16H,3,8-9H2,1-2H3. The smallest absolute Gasteiger partial charge is 0.315 e. The average Bonchev–Trinajstić information content (AvgIpc) is 2.74. The number of hydrogen-bond acceptors (Lipinski definition) is 4. The third-order valence-electron chi connectivity index (χ3n) is 2.93. The van der Waals surface area contributed by atoms with Crippen LogP contribution in [0.2, 0.25) is 0 Å². The van der Waals surface area contributed by atoms with E-state index >= 15 is 0 Å². The number of aromatic amines is 1. The van der Waals surface area contributed by atoms with Gasteiger partial charge in [-0.25, -0.2) is 0 Å². The predicted molar refractivity (Wildman–Crippen MR) is 81.3 cm³/mol. The van der Waals surface area contributed by atoms with E-state index in [1.807, 2.05) is 31.2 Å². The van der Waals surface area contributed by atoms with Gasteiger partial charge in [0.05, 0.1) is 18.1 Å². The molecule has 2 rings (SSSR count). The predicted octanol–water partition coefficient (Wildman–Crippen LogP) is 2.96. The van der Waals surface area contributed by atoms with E-state index in [0.29, 0.717) is 6.61 Å². The number of rotatable bonds is 6. The van der Waals surface area contributed by atoms with E-state index in [2.05, 4.69) is 4.98 Å². The minimum atomic E-state index is -0.277. The van der Waals surface area contributed by atoms with Crippen LogP contribution in [-0.2, 0) is 9.53 Å². The van der Waals surface area contributed by atoms with Crippen molar-refractivity contribution in [1.29, 1.82) is 0 Å². The van der Waals surface area contributed by atoms with Crippen LogP contribution in [0.1, 0.15) is 23.0 Å². The Kier molecular flexibility index (Phi) is 4.84. The third kappa shape index (κ3) is 3.22. The molecule has 0 radical (unpaired) electrons. The third-order valence-corrected chi connectivity index (χ3v) is 3.84. The number of Topliss-reactive ketones (excluding diaryl/α,β-unsaturated/α-hetero) is 1.